The van der Waals surface area contributed by atoms with Gasteiger partial charge < -0.3 is 9.47 Å². The lowest BCUT2D eigenvalue weighted by atomic mass is 10.2. The highest BCUT2D eigenvalue weighted by Crippen LogP contribution is 2.36. The number of nitrogens with zero attached hydrogens (tertiary/aromatic N) is 1. The molecule has 0 bridgehead atoms. The van der Waals surface area contributed by atoms with Gasteiger partial charge >= 0.3 is 5.97 Å². The zero-order chi connectivity index (χ0) is 23.4. The van der Waals surface area contributed by atoms with Crippen LogP contribution >= 0.6 is 56.9 Å². The van der Waals surface area contributed by atoms with E-state index < -0.39 is 23.2 Å². The van der Waals surface area contributed by atoms with Gasteiger partial charge in [0.25, 0.3) is 11.1 Å². The van der Waals surface area contributed by atoms with Gasteiger partial charge in [-0.1, -0.05) is 12.1 Å². The summed E-state index contributed by atoms with van der Waals surface area (Å²) in [7, 11) is 0. The monoisotopic (exact) mass is 681 g/mol. The summed E-state index contributed by atoms with van der Waals surface area (Å²) in [6.07, 6.45) is 1.61. The number of amides is 2. The number of imide groups is 1. The third-order valence-electron chi connectivity index (χ3n) is 4.43. The summed E-state index contributed by atoms with van der Waals surface area (Å²) in [6, 6.07) is 8.86. The van der Waals surface area contributed by atoms with Crippen molar-refractivity contribution in [2.24, 2.45) is 0 Å². The second-order valence-electron chi connectivity index (χ2n) is 6.71. The van der Waals surface area contributed by atoms with E-state index in [9.17, 15) is 18.8 Å². The second kappa shape index (κ2) is 11.0. The summed E-state index contributed by atoms with van der Waals surface area (Å²) in [5.41, 5.74) is 1.43. The molecule has 2 aromatic carbocycles. The highest BCUT2D eigenvalue weighted by molar-refractivity contribution is 14.1. The zero-order valence-corrected chi connectivity index (χ0v) is 22.2. The van der Waals surface area contributed by atoms with E-state index in [2.05, 4.69) is 45.2 Å². The molecule has 0 aliphatic carbocycles. The molecule has 32 heavy (non-hydrogen) atoms. The molecule has 10 heteroatoms. The Labute approximate surface area is 216 Å². The predicted molar refractivity (Wildman–Crippen MR) is 137 cm³/mol. The first-order chi connectivity index (χ1) is 15.2. The number of thioether (sulfide) groups is 1. The van der Waals surface area contributed by atoms with Crippen LogP contribution in [-0.2, 0) is 20.9 Å². The molecule has 0 spiro atoms. The molecule has 0 aromatic heterocycles. The van der Waals surface area contributed by atoms with Crippen LogP contribution in [0.3, 0.4) is 0 Å². The number of halogens is 3. The number of benzene rings is 2. The second-order valence-corrected chi connectivity index (χ2v) is 10.0. The molecule has 2 aromatic rings. The molecule has 2 amide bonds. The highest BCUT2D eigenvalue weighted by atomic mass is 127. The number of carbonyl (C=O) groups is 3. The van der Waals surface area contributed by atoms with Crippen LogP contribution in [0.1, 0.15) is 25.0 Å². The molecule has 1 saturated heterocycles. The Kier molecular flexibility index (Phi) is 8.55. The van der Waals surface area contributed by atoms with Crippen molar-refractivity contribution in [3.05, 3.63) is 65.4 Å². The van der Waals surface area contributed by atoms with E-state index in [1.165, 1.54) is 19.1 Å². The van der Waals surface area contributed by atoms with Crippen LogP contribution < -0.4 is 4.74 Å². The van der Waals surface area contributed by atoms with Crippen molar-refractivity contribution in [3.63, 3.8) is 0 Å². The SMILES string of the molecule is CCOC(=O)[C@H](C)N1C(=O)S/C(=C/c2cc(I)c(OCc3cccc(F)c3)c(I)c2)C1=O. The molecule has 3 rings (SSSR count). The Morgan fingerprint density at radius 3 is 2.53 bits per heavy atom. The fourth-order valence-corrected chi connectivity index (χ4v) is 5.95. The number of esters is 1. The van der Waals surface area contributed by atoms with Gasteiger partial charge in [0.2, 0.25) is 0 Å². The van der Waals surface area contributed by atoms with Crippen LogP contribution in [0.4, 0.5) is 9.18 Å². The van der Waals surface area contributed by atoms with E-state index in [0.717, 1.165) is 23.8 Å². The summed E-state index contributed by atoms with van der Waals surface area (Å²) in [5.74, 6) is -0.828. The number of rotatable bonds is 7. The molecule has 0 radical (unpaired) electrons. The smallest absolute Gasteiger partial charge is 0.329 e. The van der Waals surface area contributed by atoms with Crippen molar-refractivity contribution < 1.29 is 28.2 Å². The van der Waals surface area contributed by atoms with E-state index in [1.54, 1.807) is 25.1 Å². The average Bonchev–Trinajstić information content (AvgIpc) is 3.00. The summed E-state index contributed by atoms with van der Waals surface area (Å²) in [4.78, 5) is 38.2. The van der Waals surface area contributed by atoms with Gasteiger partial charge in [-0.15, -0.1) is 0 Å². The quantitative estimate of drug-likeness (QED) is 0.215. The van der Waals surface area contributed by atoms with Gasteiger partial charge in [0.05, 0.1) is 18.7 Å². The Morgan fingerprint density at radius 1 is 1.22 bits per heavy atom. The first-order valence-corrected chi connectivity index (χ1v) is 12.5. The van der Waals surface area contributed by atoms with Gasteiger partial charge in [-0.05, 0) is 112 Å². The topological polar surface area (TPSA) is 72.9 Å². The molecule has 0 unspecified atom stereocenters. The lowest BCUT2D eigenvalue weighted by Crippen LogP contribution is -2.42. The molecule has 0 N–H and O–H groups in total. The van der Waals surface area contributed by atoms with Crippen molar-refractivity contribution in [1.29, 1.82) is 0 Å². The Bertz CT molecular complexity index is 1080. The predicted octanol–water partition coefficient (Wildman–Crippen LogP) is 5.60. The van der Waals surface area contributed by atoms with Crippen LogP contribution in [-0.4, -0.2) is 34.7 Å². The lowest BCUT2D eigenvalue weighted by Gasteiger charge is -2.19. The summed E-state index contributed by atoms with van der Waals surface area (Å²) >= 11 is 5.04. The standard InChI is InChI=1S/C22H18FI2NO5S/c1-3-30-21(28)12(2)26-20(27)18(32-22(26)29)10-14-8-16(24)19(17(25)9-14)31-11-13-5-4-6-15(23)7-13/h4-10,12H,3,11H2,1-2H3/b18-10+/t12-/m0/s1. The van der Waals surface area contributed by atoms with Gasteiger partial charge in [0.15, 0.2) is 0 Å². The molecule has 1 heterocycles. The van der Waals surface area contributed by atoms with Crippen LogP contribution in [0.15, 0.2) is 41.3 Å². The molecular formula is C22H18FI2NO5S. The molecule has 1 aliphatic heterocycles. The fraction of sp³-hybridized carbons (Fsp3) is 0.227. The van der Waals surface area contributed by atoms with E-state index in [0.29, 0.717) is 16.9 Å². The van der Waals surface area contributed by atoms with Gasteiger partial charge in [-0.25, -0.2) is 9.18 Å². The summed E-state index contributed by atoms with van der Waals surface area (Å²) in [5, 5.41) is -0.513. The van der Waals surface area contributed by atoms with E-state index in [4.69, 9.17) is 9.47 Å². The van der Waals surface area contributed by atoms with Crippen molar-refractivity contribution >= 4 is 80.1 Å². The van der Waals surface area contributed by atoms with Gasteiger partial charge in [0, 0.05) is 0 Å². The average molecular weight is 681 g/mol. The molecule has 6 nitrogen and oxygen atoms in total. The van der Waals surface area contributed by atoms with Gasteiger partial charge in [-0.3, -0.25) is 14.5 Å². The molecule has 168 valence electrons. The number of hydrogen-bond donors (Lipinski definition) is 0. The fourth-order valence-electron chi connectivity index (χ4n) is 2.92. The maximum absolute atomic E-state index is 13.4. The summed E-state index contributed by atoms with van der Waals surface area (Å²) < 4.78 is 25.8. The minimum atomic E-state index is -0.993. The van der Waals surface area contributed by atoms with Gasteiger partial charge in [0.1, 0.15) is 24.2 Å². The van der Waals surface area contributed by atoms with Crippen molar-refractivity contribution in [1.82, 2.24) is 4.90 Å². The Morgan fingerprint density at radius 2 is 1.91 bits per heavy atom. The van der Waals surface area contributed by atoms with Crippen molar-refractivity contribution in [3.8, 4) is 5.75 Å². The minimum Gasteiger partial charge on any atom is -0.487 e. The number of hydrogen-bond acceptors (Lipinski definition) is 6. The summed E-state index contributed by atoms with van der Waals surface area (Å²) in [6.45, 7) is 3.51. The van der Waals surface area contributed by atoms with Crippen LogP contribution in [0, 0.1) is 13.0 Å². The lowest BCUT2D eigenvalue weighted by molar-refractivity contribution is -0.150. The third kappa shape index (κ3) is 5.81. The number of ether oxygens (including phenoxy) is 2. The van der Waals surface area contributed by atoms with E-state index in [-0.39, 0.29) is 23.9 Å². The molecule has 1 atom stereocenters. The molecule has 1 aliphatic rings. The number of carbonyl (C=O) groups excluding carboxylic acids is 3. The minimum absolute atomic E-state index is 0.166. The van der Waals surface area contributed by atoms with E-state index in [1.807, 2.05) is 12.1 Å². The third-order valence-corrected chi connectivity index (χ3v) is 6.92. The Balaban J connectivity index is 1.78. The first-order valence-electron chi connectivity index (χ1n) is 9.51. The largest absolute Gasteiger partial charge is 0.487 e. The maximum atomic E-state index is 13.4. The molecular weight excluding hydrogens is 663 g/mol. The highest BCUT2D eigenvalue weighted by Gasteiger charge is 2.41. The normalized spacial score (nSPS) is 15.9. The van der Waals surface area contributed by atoms with Crippen LogP contribution in [0.2, 0.25) is 0 Å². The van der Waals surface area contributed by atoms with Crippen LogP contribution in [0.5, 0.6) is 5.75 Å². The van der Waals surface area contributed by atoms with Gasteiger partial charge in [-0.2, -0.15) is 0 Å². The molecule has 0 saturated carbocycles. The van der Waals surface area contributed by atoms with E-state index >= 15 is 0 Å². The van der Waals surface area contributed by atoms with Crippen LogP contribution in [0.25, 0.3) is 6.08 Å². The van der Waals surface area contributed by atoms with Crippen molar-refractivity contribution in [2.45, 2.75) is 26.5 Å². The Hall–Kier alpha value is -1.67. The zero-order valence-electron chi connectivity index (χ0n) is 17.1. The maximum Gasteiger partial charge on any atom is 0.329 e. The van der Waals surface area contributed by atoms with Crippen molar-refractivity contribution in [2.75, 3.05) is 6.61 Å². The first kappa shape index (κ1) is 25.0. The molecule has 1 fully saturated rings.